The minimum atomic E-state index is -0.498. The van der Waals surface area contributed by atoms with Crippen molar-refractivity contribution < 1.29 is 9.66 Å². The van der Waals surface area contributed by atoms with Gasteiger partial charge in [-0.25, -0.2) is 0 Å². The number of nitro groups is 1. The zero-order chi connectivity index (χ0) is 14.1. The lowest BCUT2D eigenvalue weighted by atomic mass is 10.2. The largest absolute Gasteiger partial charge is 0.383 e. The number of methoxy groups -OCH3 is 1. The number of nitriles is 1. The first kappa shape index (κ1) is 14.9. The molecule has 0 aromatic heterocycles. The van der Waals surface area contributed by atoms with Gasteiger partial charge in [0.05, 0.1) is 23.2 Å². The molecule has 19 heavy (non-hydrogen) atoms. The van der Waals surface area contributed by atoms with Gasteiger partial charge >= 0.3 is 0 Å². The van der Waals surface area contributed by atoms with Crippen molar-refractivity contribution in [2.24, 2.45) is 0 Å². The molecule has 1 rings (SSSR count). The Hall–Kier alpha value is -2.17. The smallest absolute Gasteiger partial charge is 0.293 e. The highest BCUT2D eigenvalue weighted by atomic mass is 16.6. The van der Waals surface area contributed by atoms with E-state index in [1.165, 1.54) is 6.07 Å². The minimum absolute atomic E-state index is 0.0871. The highest BCUT2D eigenvalue weighted by molar-refractivity contribution is 5.64. The van der Waals surface area contributed by atoms with Crippen molar-refractivity contribution in [3.8, 4) is 6.07 Å². The summed E-state index contributed by atoms with van der Waals surface area (Å²) in [4.78, 5) is 10.4. The summed E-state index contributed by atoms with van der Waals surface area (Å²) >= 11 is 0. The van der Waals surface area contributed by atoms with Crippen LogP contribution >= 0.6 is 0 Å². The van der Waals surface area contributed by atoms with Gasteiger partial charge in [-0.05, 0) is 12.1 Å². The second kappa shape index (κ2) is 8.02. The van der Waals surface area contributed by atoms with Crippen LogP contribution in [0.3, 0.4) is 0 Å². The van der Waals surface area contributed by atoms with E-state index < -0.39 is 4.92 Å². The van der Waals surface area contributed by atoms with Crippen LogP contribution in [0.25, 0.3) is 0 Å². The summed E-state index contributed by atoms with van der Waals surface area (Å²) in [6.07, 6.45) is 0. The van der Waals surface area contributed by atoms with Gasteiger partial charge in [0, 0.05) is 32.8 Å². The van der Waals surface area contributed by atoms with Gasteiger partial charge in [-0.2, -0.15) is 5.26 Å². The number of hydrogen-bond acceptors (Lipinski definition) is 6. The van der Waals surface area contributed by atoms with Crippen LogP contribution < -0.4 is 10.6 Å². The summed E-state index contributed by atoms with van der Waals surface area (Å²) in [6, 6.07) is 6.24. The number of benzene rings is 1. The molecule has 7 nitrogen and oxygen atoms in total. The van der Waals surface area contributed by atoms with E-state index in [0.29, 0.717) is 25.4 Å². The predicted octanol–water partition coefficient (Wildman–Crippen LogP) is 1.11. The average molecular weight is 264 g/mol. The average Bonchev–Trinajstić information content (AvgIpc) is 2.42. The van der Waals surface area contributed by atoms with Gasteiger partial charge in [0.25, 0.3) is 5.69 Å². The molecule has 0 fully saturated rings. The van der Waals surface area contributed by atoms with Crippen molar-refractivity contribution in [2.45, 2.75) is 0 Å². The second-order valence-corrected chi connectivity index (χ2v) is 3.77. The zero-order valence-corrected chi connectivity index (χ0v) is 10.7. The Kier molecular flexibility index (Phi) is 6.29. The van der Waals surface area contributed by atoms with Gasteiger partial charge in [-0.3, -0.25) is 10.1 Å². The molecule has 0 radical (unpaired) electrons. The van der Waals surface area contributed by atoms with Crippen molar-refractivity contribution >= 4 is 11.4 Å². The molecule has 2 N–H and O–H groups in total. The fraction of sp³-hybridized carbons (Fsp3) is 0.417. The quantitative estimate of drug-likeness (QED) is 0.414. The topological polar surface area (TPSA) is 100 Å². The Labute approximate surface area is 111 Å². The standard InChI is InChI=1S/C12H16N4O3/c1-19-7-6-14-4-5-15-11-3-2-10(9-13)8-12(11)16(17)18/h2-3,8,14-15H,4-7H2,1H3. The first-order chi connectivity index (χ1) is 9.19. The zero-order valence-electron chi connectivity index (χ0n) is 10.7. The van der Waals surface area contributed by atoms with Crippen LogP contribution in [-0.2, 0) is 4.74 Å². The summed E-state index contributed by atoms with van der Waals surface area (Å²) in [5.74, 6) is 0. The van der Waals surface area contributed by atoms with Gasteiger partial charge in [0.1, 0.15) is 5.69 Å². The van der Waals surface area contributed by atoms with Crippen molar-refractivity contribution in [2.75, 3.05) is 38.7 Å². The number of ether oxygens (including phenoxy) is 1. The number of nitrogens with one attached hydrogen (secondary N) is 2. The monoisotopic (exact) mass is 264 g/mol. The molecule has 0 saturated heterocycles. The van der Waals surface area contributed by atoms with Crippen LogP contribution in [0.5, 0.6) is 0 Å². The third-order valence-corrected chi connectivity index (χ3v) is 2.42. The molecule has 1 aromatic carbocycles. The SMILES string of the molecule is COCCNCCNc1ccc(C#N)cc1[N+](=O)[O-]. The molecule has 0 atom stereocenters. The molecular weight excluding hydrogens is 248 g/mol. The van der Waals surface area contributed by atoms with Crippen molar-refractivity contribution in [1.82, 2.24) is 5.32 Å². The number of rotatable bonds is 8. The first-order valence-electron chi connectivity index (χ1n) is 5.81. The van der Waals surface area contributed by atoms with Gasteiger partial charge in [0.15, 0.2) is 0 Å². The summed E-state index contributed by atoms with van der Waals surface area (Å²) in [5.41, 5.74) is 0.601. The van der Waals surface area contributed by atoms with Crippen LogP contribution in [0.2, 0.25) is 0 Å². The number of nitrogens with zero attached hydrogens (tertiary/aromatic N) is 2. The summed E-state index contributed by atoms with van der Waals surface area (Å²) in [7, 11) is 1.63. The molecule has 7 heteroatoms. The van der Waals surface area contributed by atoms with E-state index in [1.807, 2.05) is 6.07 Å². The molecular formula is C12H16N4O3. The Bertz CT molecular complexity index is 471. The van der Waals surface area contributed by atoms with Crippen LogP contribution in [0.4, 0.5) is 11.4 Å². The fourth-order valence-electron chi connectivity index (χ4n) is 1.49. The maximum atomic E-state index is 10.9. The molecule has 0 aliphatic carbocycles. The lowest BCUT2D eigenvalue weighted by Gasteiger charge is -2.08. The normalized spacial score (nSPS) is 9.89. The molecule has 0 aliphatic rings. The fourth-order valence-corrected chi connectivity index (χ4v) is 1.49. The summed E-state index contributed by atoms with van der Waals surface area (Å²) < 4.78 is 4.88. The van der Waals surface area contributed by atoms with E-state index >= 15 is 0 Å². The van der Waals surface area contributed by atoms with E-state index in [4.69, 9.17) is 10.00 Å². The van der Waals surface area contributed by atoms with Gasteiger partial charge in [-0.15, -0.1) is 0 Å². The first-order valence-corrected chi connectivity index (χ1v) is 5.81. The van der Waals surface area contributed by atoms with Crippen LogP contribution in [0.15, 0.2) is 18.2 Å². The maximum absolute atomic E-state index is 10.9. The van der Waals surface area contributed by atoms with Crippen molar-refractivity contribution in [3.05, 3.63) is 33.9 Å². The van der Waals surface area contributed by atoms with E-state index in [-0.39, 0.29) is 11.3 Å². The van der Waals surface area contributed by atoms with Crippen LogP contribution in [0.1, 0.15) is 5.56 Å². The number of hydrogen-bond donors (Lipinski definition) is 2. The molecule has 102 valence electrons. The molecule has 0 heterocycles. The van der Waals surface area contributed by atoms with Crippen LogP contribution in [0, 0.1) is 21.4 Å². The highest BCUT2D eigenvalue weighted by Crippen LogP contribution is 2.24. The van der Waals surface area contributed by atoms with Gasteiger partial charge in [-0.1, -0.05) is 0 Å². The molecule has 0 aliphatic heterocycles. The lowest BCUT2D eigenvalue weighted by molar-refractivity contribution is -0.384. The molecule has 0 saturated carbocycles. The molecule has 0 amide bonds. The highest BCUT2D eigenvalue weighted by Gasteiger charge is 2.13. The number of nitro benzene ring substituents is 1. The molecule has 0 unspecified atom stereocenters. The number of anilines is 1. The minimum Gasteiger partial charge on any atom is -0.383 e. The van der Waals surface area contributed by atoms with Gasteiger partial charge in [0.2, 0.25) is 0 Å². The maximum Gasteiger partial charge on any atom is 0.293 e. The third kappa shape index (κ3) is 4.91. The Morgan fingerprint density at radius 3 is 2.84 bits per heavy atom. The summed E-state index contributed by atoms with van der Waals surface area (Å²) in [5, 5.41) is 25.7. The predicted molar refractivity (Wildman–Crippen MR) is 71.0 cm³/mol. The Balaban J connectivity index is 2.53. The third-order valence-electron chi connectivity index (χ3n) is 2.42. The Morgan fingerprint density at radius 2 is 2.21 bits per heavy atom. The molecule has 0 bridgehead atoms. The van der Waals surface area contributed by atoms with Crippen LogP contribution in [-0.4, -0.2) is 38.3 Å². The van der Waals surface area contributed by atoms with Gasteiger partial charge < -0.3 is 15.4 Å². The lowest BCUT2D eigenvalue weighted by Crippen LogP contribution is -2.25. The van der Waals surface area contributed by atoms with E-state index in [0.717, 1.165) is 6.54 Å². The second-order valence-electron chi connectivity index (χ2n) is 3.77. The van der Waals surface area contributed by atoms with Crippen molar-refractivity contribution in [1.29, 1.82) is 5.26 Å². The Morgan fingerprint density at radius 1 is 1.42 bits per heavy atom. The van der Waals surface area contributed by atoms with E-state index in [9.17, 15) is 10.1 Å². The molecule has 0 spiro atoms. The summed E-state index contributed by atoms with van der Waals surface area (Å²) in [6.45, 7) is 2.57. The van der Waals surface area contributed by atoms with E-state index in [2.05, 4.69) is 10.6 Å². The van der Waals surface area contributed by atoms with Crippen molar-refractivity contribution in [3.63, 3.8) is 0 Å². The van der Waals surface area contributed by atoms with E-state index in [1.54, 1.807) is 19.2 Å². The molecule has 1 aromatic rings.